The van der Waals surface area contributed by atoms with Crippen LogP contribution in [0.25, 0.3) is 0 Å². The fourth-order valence-corrected chi connectivity index (χ4v) is 1.19. The van der Waals surface area contributed by atoms with Gasteiger partial charge in [-0.05, 0) is 0 Å². The van der Waals surface area contributed by atoms with Gasteiger partial charge in [0.05, 0.1) is 0 Å². The number of hydrogen-bond donors (Lipinski definition) is 0. The van der Waals surface area contributed by atoms with Crippen molar-refractivity contribution >= 4 is 16.2 Å². The summed E-state index contributed by atoms with van der Waals surface area (Å²) in [4.78, 5) is 10.2. The summed E-state index contributed by atoms with van der Waals surface area (Å²) in [6, 6.07) is 0. The van der Waals surface area contributed by atoms with Crippen LogP contribution in [0.5, 0.6) is 0 Å². The Morgan fingerprint density at radius 1 is 1.50 bits per heavy atom. The largest absolute Gasteiger partial charge is 1.00 e. The van der Waals surface area contributed by atoms with Gasteiger partial charge >= 0.3 is 29.6 Å². The van der Waals surface area contributed by atoms with Crippen LogP contribution in [0.15, 0.2) is 0 Å². The van der Waals surface area contributed by atoms with Crippen LogP contribution in [0, 0.1) is 0 Å². The van der Waals surface area contributed by atoms with E-state index in [2.05, 4.69) is 0 Å². The molecule has 0 radical (unpaired) electrons. The van der Waals surface area contributed by atoms with E-state index in [1.165, 1.54) is 0 Å². The summed E-state index contributed by atoms with van der Waals surface area (Å²) in [6.07, 6.45) is 0.168. The van der Waals surface area contributed by atoms with E-state index < -0.39 is 16.2 Å². The smallest absolute Gasteiger partial charge is 0.731 e. The normalized spacial score (nSPS) is 17.7. The van der Waals surface area contributed by atoms with Crippen LogP contribution < -0.4 is 29.6 Å². The fraction of sp³-hybridized carbons (Fsp3) is 0.667. The number of nitrogens with zero attached hydrogens (tertiary/aromatic N) is 1. The molecule has 0 spiro atoms. The number of carbonyl (C=O) groups excluding carboxylic acids is 1. The fourth-order valence-electron chi connectivity index (χ4n) is 0.531. The van der Waals surface area contributed by atoms with Gasteiger partial charge in [0.15, 0.2) is 10.3 Å². The van der Waals surface area contributed by atoms with Crippen molar-refractivity contribution in [1.29, 1.82) is 0 Å². The van der Waals surface area contributed by atoms with Crippen molar-refractivity contribution in [2.24, 2.45) is 0 Å². The van der Waals surface area contributed by atoms with E-state index in [4.69, 9.17) is 0 Å². The average Bonchev–Trinajstić information content (AvgIpc) is 1.57. The topological polar surface area (TPSA) is 77.5 Å². The van der Waals surface area contributed by atoms with Crippen LogP contribution in [-0.2, 0) is 15.1 Å². The van der Waals surface area contributed by atoms with Crippen molar-refractivity contribution in [1.82, 2.24) is 4.31 Å². The minimum absolute atomic E-state index is 0. The van der Waals surface area contributed by atoms with Crippen molar-refractivity contribution in [3.63, 3.8) is 0 Å². The predicted molar refractivity (Wildman–Crippen MR) is 26.0 cm³/mol. The Morgan fingerprint density at radius 2 is 2.00 bits per heavy atom. The van der Waals surface area contributed by atoms with Gasteiger partial charge in [-0.25, -0.2) is 12.7 Å². The molecule has 1 rings (SSSR count). The first-order valence-corrected chi connectivity index (χ1v) is 3.65. The van der Waals surface area contributed by atoms with Gasteiger partial charge in [0, 0.05) is 13.0 Å². The van der Waals surface area contributed by atoms with E-state index in [9.17, 15) is 17.8 Å². The molecule has 1 amide bonds. The number of carbonyl (C=O) groups is 1. The summed E-state index contributed by atoms with van der Waals surface area (Å²) < 4.78 is 30.2. The Kier molecular flexibility index (Phi) is 3.31. The Labute approximate surface area is 80.6 Å². The van der Waals surface area contributed by atoms with E-state index in [0.717, 1.165) is 0 Å². The molecule has 0 N–H and O–H groups in total. The van der Waals surface area contributed by atoms with Gasteiger partial charge in [-0.2, -0.15) is 0 Å². The zero-order valence-electron chi connectivity index (χ0n) is 5.40. The Hall–Kier alpha value is 0.380. The molecular formula is C3H4NNaO4S. The van der Waals surface area contributed by atoms with Gasteiger partial charge in [0.1, 0.15) is 0 Å². The van der Waals surface area contributed by atoms with Crippen LogP contribution in [0.4, 0.5) is 0 Å². The van der Waals surface area contributed by atoms with Crippen molar-refractivity contribution in [3.8, 4) is 0 Å². The van der Waals surface area contributed by atoms with Crippen molar-refractivity contribution in [3.05, 3.63) is 0 Å². The molecule has 5 nitrogen and oxygen atoms in total. The number of rotatable bonds is 1. The molecule has 1 aliphatic heterocycles. The maximum atomic E-state index is 10.2. The van der Waals surface area contributed by atoms with Crippen LogP contribution in [0.3, 0.4) is 0 Å². The first-order valence-electron chi connectivity index (χ1n) is 2.28. The van der Waals surface area contributed by atoms with Gasteiger partial charge in [-0.3, -0.25) is 4.79 Å². The molecule has 1 heterocycles. The Balaban J connectivity index is 0.000000810. The maximum absolute atomic E-state index is 10.2. The summed E-state index contributed by atoms with van der Waals surface area (Å²) in [5, 5.41) is 0. The third-order valence-corrected chi connectivity index (χ3v) is 2.00. The van der Waals surface area contributed by atoms with Gasteiger partial charge in [-0.1, -0.05) is 0 Å². The van der Waals surface area contributed by atoms with Crippen LogP contribution >= 0.6 is 0 Å². The molecule has 7 heteroatoms. The Bertz CT molecular complexity index is 235. The molecule has 0 saturated carbocycles. The van der Waals surface area contributed by atoms with E-state index in [-0.39, 0.29) is 42.5 Å². The van der Waals surface area contributed by atoms with Crippen LogP contribution in [0.1, 0.15) is 6.42 Å². The average molecular weight is 173 g/mol. The zero-order chi connectivity index (χ0) is 7.07. The second-order valence-electron chi connectivity index (χ2n) is 1.67. The monoisotopic (exact) mass is 173 g/mol. The maximum Gasteiger partial charge on any atom is 1.00 e. The number of amides is 1. The molecule has 0 aliphatic carbocycles. The zero-order valence-corrected chi connectivity index (χ0v) is 8.22. The van der Waals surface area contributed by atoms with E-state index in [1.54, 1.807) is 0 Å². The molecule has 0 aromatic carbocycles. The quantitative estimate of drug-likeness (QED) is 0.228. The standard InChI is InChI=1S/C3H5NO4S.Na/c5-3-1-2-4(3)9(6,7)8;/h1-2H2,(H,6,7,8);/q;+1/p-1. The molecule has 10 heavy (non-hydrogen) atoms. The molecule has 0 atom stereocenters. The molecule has 0 bridgehead atoms. The molecular weight excluding hydrogens is 169 g/mol. The SMILES string of the molecule is O=C1CCN1S(=O)(=O)[O-].[Na+]. The van der Waals surface area contributed by atoms with E-state index >= 15 is 0 Å². The molecule has 0 unspecified atom stereocenters. The van der Waals surface area contributed by atoms with Gasteiger partial charge in [-0.15, -0.1) is 0 Å². The summed E-state index contributed by atoms with van der Waals surface area (Å²) >= 11 is 0. The predicted octanol–water partition coefficient (Wildman–Crippen LogP) is -4.32. The third-order valence-electron chi connectivity index (χ3n) is 1.08. The van der Waals surface area contributed by atoms with Gasteiger partial charge in [0.25, 0.3) is 0 Å². The van der Waals surface area contributed by atoms with Crippen LogP contribution in [0.2, 0.25) is 0 Å². The van der Waals surface area contributed by atoms with Gasteiger partial charge in [0.2, 0.25) is 5.91 Å². The molecule has 1 aliphatic rings. The van der Waals surface area contributed by atoms with Crippen molar-refractivity contribution in [2.45, 2.75) is 6.42 Å². The first-order chi connectivity index (χ1) is 4.02. The second-order valence-corrected chi connectivity index (χ2v) is 2.97. The Morgan fingerprint density at radius 3 is 2.00 bits per heavy atom. The molecule has 1 saturated heterocycles. The number of hydrogen-bond acceptors (Lipinski definition) is 4. The summed E-state index contributed by atoms with van der Waals surface area (Å²) in [7, 11) is -4.48. The van der Waals surface area contributed by atoms with Crippen LogP contribution in [-0.4, -0.2) is 29.7 Å². The molecule has 1 fully saturated rings. The summed E-state index contributed by atoms with van der Waals surface area (Å²) in [5.41, 5.74) is 0. The van der Waals surface area contributed by atoms with E-state index in [0.29, 0.717) is 4.31 Å². The molecule has 0 aromatic rings. The summed E-state index contributed by atoms with van der Waals surface area (Å²) in [6.45, 7) is 0.0463. The second kappa shape index (κ2) is 3.19. The molecule has 0 aromatic heterocycles. The molecule has 52 valence electrons. The minimum atomic E-state index is -4.48. The van der Waals surface area contributed by atoms with E-state index in [1.807, 2.05) is 0 Å². The summed E-state index contributed by atoms with van der Waals surface area (Å²) in [5.74, 6) is -0.606. The van der Waals surface area contributed by atoms with Gasteiger partial charge < -0.3 is 4.55 Å². The minimum Gasteiger partial charge on any atom is -0.731 e. The third kappa shape index (κ3) is 1.93. The van der Waals surface area contributed by atoms with Crippen molar-refractivity contribution < 1.29 is 47.3 Å². The number of β-lactam (4-membered cyclic amide) rings is 1. The van der Waals surface area contributed by atoms with Crippen molar-refractivity contribution in [2.75, 3.05) is 6.54 Å². The first kappa shape index (κ1) is 10.4.